The van der Waals surface area contributed by atoms with Crippen molar-refractivity contribution < 1.29 is 4.79 Å². The third-order valence-electron chi connectivity index (χ3n) is 5.15. The van der Waals surface area contributed by atoms with Crippen LogP contribution < -0.4 is 5.32 Å². The minimum Gasteiger partial charge on any atom is -0.338 e. The van der Waals surface area contributed by atoms with Gasteiger partial charge in [-0.3, -0.25) is 4.79 Å². The number of nitrogens with zero attached hydrogens (tertiary/aromatic N) is 3. The van der Waals surface area contributed by atoms with Crippen LogP contribution in [-0.2, 0) is 0 Å². The molecule has 1 aromatic carbocycles. The van der Waals surface area contributed by atoms with E-state index in [0.29, 0.717) is 5.41 Å². The van der Waals surface area contributed by atoms with E-state index in [1.807, 2.05) is 41.4 Å². The lowest BCUT2D eigenvalue weighted by molar-refractivity contribution is 0.0764. The first-order valence-electron chi connectivity index (χ1n) is 8.36. The van der Waals surface area contributed by atoms with Crippen LogP contribution in [0.1, 0.15) is 29.6 Å². The Bertz CT molecular complexity index is 689. The second-order valence-electron chi connectivity index (χ2n) is 6.76. The summed E-state index contributed by atoms with van der Waals surface area (Å²) in [7, 11) is 0. The molecule has 3 heterocycles. The van der Waals surface area contributed by atoms with E-state index in [1.165, 1.54) is 12.8 Å². The highest BCUT2D eigenvalue weighted by Crippen LogP contribution is 2.36. The Balaban J connectivity index is 1.52. The molecule has 5 heteroatoms. The molecule has 0 aliphatic carbocycles. The van der Waals surface area contributed by atoms with Gasteiger partial charge < -0.3 is 10.2 Å². The number of hydrogen-bond acceptors (Lipinski definition) is 3. The number of aromatic nitrogens is 2. The third kappa shape index (κ3) is 2.77. The first kappa shape index (κ1) is 14.5. The van der Waals surface area contributed by atoms with Crippen LogP contribution >= 0.6 is 0 Å². The number of nitrogens with one attached hydrogen (secondary N) is 1. The summed E-state index contributed by atoms with van der Waals surface area (Å²) in [6.45, 7) is 3.91. The summed E-state index contributed by atoms with van der Waals surface area (Å²) in [6.07, 6.45) is 7.20. The highest BCUT2D eigenvalue weighted by molar-refractivity contribution is 5.95. The van der Waals surface area contributed by atoms with E-state index < -0.39 is 0 Å². The molecule has 1 N–H and O–H groups in total. The van der Waals surface area contributed by atoms with Crippen molar-refractivity contribution >= 4 is 5.91 Å². The molecule has 1 spiro atoms. The van der Waals surface area contributed by atoms with Crippen molar-refractivity contribution in [1.82, 2.24) is 20.0 Å². The van der Waals surface area contributed by atoms with Gasteiger partial charge in [0.05, 0.1) is 5.69 Å². The average molecular weight is 310 g/mol. The van der Waals surface area contributed by atoms with Crippen LogP contribution in [0, 0.1) is 5.41 Å². The quantitative estimate of drug-likeness (QED) is 0.924. The van der Waals surface area contributed by atoms with Crippen LogP contribution in [0.3, 0.4) is 0 Å². The fourth-order valence-electron chi connectivity index (χ4n) is 3.87. The molecule has 23 heavy (non-hydrogen) atoms. The summed E-state index contributed by atoms with van der Waals surface area (Å²) in [5.41, 5.74) is 1.97. The summed E-state index contributed by atoms with van der Waals surface area (Å²) >= 11 is 0. The van der Waals surface area contributed by atoms with Gasteiger partial charge in [0.2, 0.25) is 0 Å². The van der Waals surface area contributed by atoms with Crippen LogP contribution in [-0.4, -0.2) is 46.8 Å². The SMILES string of the molecule is O=C(c1cccc(-n2cccn2)c1)N1CC[C@]2(CCCNC2)C1. The lowest BCUT2D eigenvalue weighted by atomic mass is 9.80. The molecule has 0 unspecified atom stereocenters. The van der Waals surface area contributed by atoms with Gasteiger partial charge in [0.15, 0.2) is 0 Å². The van der Waals surface area contributed by atoms with Crippen LogP contribution in [0.15, 0.2) is 42.7 Å². The molecule has 2 aliphatic heterocycles. The van der Waals surface area contributed by atoms with Gasteiger partial charge in [-0.15, -0.1) is 0 Å². The number of likely N-dealkylation sites (tertiary alicyclic amines) is 1. The molecule has 2 aromatic rings. The summed E-state index contributed by atoms with van der Waals surface area (Å²) in [4.78, 5) is 14.9. The molecule has 0 radical (unpaired) electrons. The molecular weight excluding hydrogens is 288 g/mol. The molecule has 120 valence electrons. The Kier molecular flexibility index (Phi) is 3.65. The first-order valence-corrected chi connectivity index (χ1v) is 8.36. The molecule has 4 rings (SSSR count). The highest BCUT2D eigenvalue weighted by atomic mass is 16.2. The Morgan fingerprint density at radius 1 is 1.26 bits per heavy atom. The van der Waals surface area contributed by atoms with Gasteiger partial charge in [0.1, 0.15) is 0 Å². The molecule has 2 fully saturated rings. The zero-order chi connectivity index (χ0) is 15.7. The van der Waals surface area contributed by atoms with Gasteiger partial charge in [-0.1, -0.05) is 6.07 Å². The normalized spacial score (nSPS) is 24.3. The predicted molar refractivity (Wildman–Crippen MR) is 88.6 cm³/mol. The van der Waals surface area contributed by atoms with E-state index >= 15 is 0 Å². The van der Waals surface area contributed by atoms with E-state index in [-0.39, 0.29) is 5.91 Å². The number of benzene rings is 1. The van der Waals surface area contributed by atoms with Gasteiger partial charge >= 0.3 is 0 Å². The van der Waals surface area contributed by atoms with Crippen molar-refractivity contribution in [2.75, 3.05) is 26.2 Å². The van der Waals surface area contributed by atoms with Gasteiger partial charge in [-0.25, -0.2) is 4.68 Å². The summed E-state index contributed by atoms with van der Waals surface area (Å²) in [5.74, 6) is 0.140. The van der Waals surface area contributed by atoms with E-state index in [0.717, 1.165) is 43.9 Å². The molecule has 1 amide bonds. The zero-order valence-corrected chi connectivity index (χ0v) is 13.2. The number of carbonyl (C=O) groups excluding carboxylic acids is 1. The molecule has 1 atom stereocenters. The standard InChI is InChI=1S/C18H22N4O/c23-17(21-11-7-18(14-21)6-2-8-19-13-18)15-4-1-5-16(12-15)22-10-3-9-20-22/h1,3-5,9-10,12,19H,2,6-8,11,13-14H2/t18-/m0/s1. The van der Waals surface area contributed by atoms with Crippen molar-refractivity contribution in [3.05, 3.63) is 48.3 Å². The van der Waals surface area contributed by atoms with Crippen molar-refractivity contribution in [3.63, 3.8) is 0 Å². The maximum absolute atomic E-state index is 12.9. The topological polar surface area (TPSA) is 50.2 Å². The number of rotatable bonds is 2. The fourth-order valence-corrected chi connectivity index (χ4v) is 3.87. The maximum atomic E-state index is 12.9. The summed E-state index contributed by atoms with van der Waals surface area (Å²) < 4.78 is 1.79. The number of piperidine rings is 1. The maximum Gasteiger partial charge on any atom is 0.253 e. The average Bonchev–Trinajstić information content (AvgIpc) is 3.26. The number of hydrogen-bond donors (Lipinski definition) is 1. The van der Waals surface area contributed by atoms with E-state index in [1.54, 1.807) is 10.9 Å². The lowest BCUT2D eigenvalue weighted by Crippen LogP contribution is -2.42. The van der Waals surface area contributed by atoms with Crippen molar-refractivity contribution in [3.8, 4) is 5.69 Å². The van der Waals surface area contributed by atoms with Crippen molar-refractivity contribution in [2.45, 2.75) is 19.3 Å². The molecule has 5 nitrogen and oxygen atoms in total. The summed E-state index contributed by atoms with van der Waals surface area (Å²) in [6, 6.07) is 9.62. The number of amides is 1. The second-order valence-corrected chi connectivity index (χ2v) is 6.76. The summed E-state index contributed by atoms with van der Waals surface area (Å²) in [5, 5.41) is 7.73. The lowest BCUT2D eigenvalue weighted by Gasteiger charge is -2.33. The van der Waals surface area contributed by atoms with Crippen molar-refractivity contribution in [2.24, 2.45) is 5.41 Å². The fraction of sp³-hybridized carbons (Fsp3) is 0.444. The van der Waals surface area contributed by atoms with E-state index in [4.69, 9.17) is 0 Å². The number of carbonyl (C=O) groups is 1. The minimum atomic E-state index is 0.140. The van der Waals surface area contributed by atoms with Crippen LogP contribution in [0.4, 0.5) is 0 Å². The highest BCUT2D eigenvalue weighted by Gasteiger charge is 2.40. The van der Waals surface area contributed by atoms with E-state index in [9.17, 15) is 4.79 Å². The Labute approximate surface area is 136 Å². The second kappa shape index (κ2) is 5.81. The third-order valence-corrected chi connectivity index (χ3v) is 5.15. The Hall–Kier alpha value is -2.14. The van der Waals surface area contributed by atoms with E-state index in [2.05, 4.69) is 10.4 Å². The Morgan fingerprint density at radius 2 is 2.22 bits per heavy atom. The molecule has 2 aliphatic rings. The van der Waals surface area contributed by atoms with Crippen LogP contribution in [0.2, 0.25) is 0 Å². The molecule has 0 saturated carbocycles. The minimum absolute atomic E-state index is 0.140. The molecule has 0 bridgehead atoms. The largest absolute Gasteiger partial charge is 0.338 e. The first-order chi connectivity index (χ1) is 11.3. The van der Waals surface area contributed by atoms with Crippen molar-refractivity contribution in [1.29, 1.82) is 0 Å². The monoisotopic (exact) mass is 310 g/mol. The smallest absolute Gasteiger partial charge is 0.253 e. The predicted octanol–water partition coefficient (Wildman–Crippen LogP) is 2.09. The molecule has 1 aromatic heterocycles. The van der Waals surface area contributed by atoms with Gasteiger partial charge in [-0.2, -0.15) is 5.10 Å². The van der Waals surface area contributed by atoms with Gasteiger partial charge in [0, 0.05) is 43.0 Å². The zero-order valence-electron chi connectivity index (χ0n) is 13.2. The van der Waals surface area contributed by atoms with Gasteiger partial charge in [-0.05, 0) is 50.1 Å². The Morgan fingerprint density at radius 3 is 3.00 bits per heavy atom. The van der Waals surface area contributed by atoms with Crippen LogP contribution in [0.25, 0.3) is 5.69 Å². The van der Waals surface area contributed by atoms with Gasteiger partial charge in [0.25, 0.3) is 5.91 Å². The molecular formula is C18H22N4O. The van der Waals surface area contributed by atoms with Crippen LogP contribution in [0.5, 0.6) is 0 Å². The molecule has 2 saturated heterocycles.